The SMILES string of the molecule is CN=NN1C(N2CCNCC2)=Nc2ccc(Cl)cc2C1C. The second kappa shape index (κ2) is 5.99. The maximum atomic E-state index is 6.11. The first-order valence-corrected chi connectivity index (χ1v) is 7.51. The second-order valence-corrected chi connectivity index (χ2v) is 5.60. The molecule has 0 bridgehead atoms. The van der Waals surface area contributed by atoms with E-state index in [0.717, 1.165) is 48.4 Å². The monoisotopic (exact) mass is 306 g/mol. The molecule has 112 valence electrons. The molecule has 0 spiro atoms. The fourth-order valence-corrected chi connectivity index (χ4v) is 2.90. The van der Waals surface area contributed by atoms with Crippen LogP contribution in [0.1, 0.15) is 18.5 Å². The van der Waals surface area contributed by atoms with E-state index in [4.69, 9.17) is 16.6 Å². The van der Waals surface area contributed by atoms with Crippen LogP contribution in [0, 0.1) is 0 Å². The van der Waals surface area contributed by atoms with Crippen molar-refractivity contribution in [3.8, 4) is 0 Å². The van der Waals surface area contributed by atoms with E-state index in [0.29, 0.717) is 0 Å². The molecule has 3 rings (SSSR count). The van der Waals surface area contributed by atoms with Crippen LogP contribution < -0.4 is 5.32 Å². The number of aliphatic imine (C=N–C) groups is 1. The normalized spacial score (nSPS) is 22.4. The number of piperazine rings is 1. The Hall–Kier alpha value is -1.66. The van der Waals surface area contributed by atoms with Crippen molar-refractivity contribution in [2.24, 2.45) is 15.3 Å². The van der Waals surface area contributed by atoms with Gasteiger partial charge in [0.05, 0.1) is 18.8 Å². The van der Waals surface area contributed by atoms with E-state index in [-0.39, 0.29) is 6.04 Å². The molecule has 1 atom stereocenters. The molecular formula is C14H19ClN6. The highest BCUT2D eigenvalue weighted by atomic mass is 35.5. The van der Waals surface area contributed by atoms with Crippen LogP contribution in [0.4, 0.5) is 5.69 Å². The molecule has 21 heavy (non-hydrogen) atoms. The molecule has 0 amide bonds. The number of hydrogen-bond acceptors (Lipinski definition) is 5. The van der Waals surface area contributed by atoms with Crippen molar-refractivity contribution in [2.75, 3.05) is 33.2 Å². The van der Waals surface area contributed by atoms with Gasteiger partial charge in [-0.2, -0.15) is 5.11 Å². The summed E-state index contributed by atoms with van der Waals surface area (Å²) in [6.45, 7) is 5.85. The minimum absolute atomic E-state index is 0.0600. The molecule has 1 aromatic carbocycles. The number of guanidine groups is 1. The van der Waals surface area contributed by atoms with Crippen LogP contribution in [0.25, 0.3) is 0 Å². The van der Waals surface area contributed by atoms with Crippen molar-refractivity contribution in [3.05, 3.63) is 28.8 Å². The van der Waals surface area contributed by atoms with Gasteiger partial charge in [-0.15, -0.1) is 0 Å². The zero-order chi connectivity index (χ0) is 14.8. The third-order valence-electron chi connectivity index (χ3n) is 3.82. The third kappa shape index (κ3) is 2.73. The molecule has 1 unspecified atom stereocenters. The minimum atomic E-state index is 0.0600. The first kappa shape index (κ1) is 14.3. The standard InChI is InChI=1S/C14H19ClN6/c1-10-12-9-11(15)3-4-13(12)18-14(21(10)19-16-2)20-7-5-17-6-8-20/h3-4,9-10,17H,5-8H2,1-2H3. The second-order valence-electron chi connectivity index (χ2n) is 5.16. The lowest BCUT2D eigenvalue weighted by Gasteiger charge is -2.38. The maximum absolute atomic E-state index is 6.11. The molecule has 2 aliphatic rings. The summed E-state index contributed by atoms with van der Waals surface area (Å²) in [7, 11) is 1.68. The average Bonchev–Trinajstić information content (AvgIpc) is 2.51. The topological polar surface area (TPSA) is 55.6 Å². The summed E-state index contributed by atoms with van der Waals surface area (Å²) in [5, 5.41) is 14.2. The number of fused-ring (bicyclic) bond motifs is 1. The average molecular weight is 307 g/mol. The molecule has 2 aliphatic heterocycles. The Morgan fingerprint density at radius 1 is 1.33 bits per heavy atom. The van der Waals surface area contributed by atoms with Crippen LogP contribution in [0.5, 0.6) is 0 Å². The van der Waals surface area contributed by atoms with Crippen molar-refractivity contribution in [3.63, 3.8) is 0 Å². The Morgan fingerprint density at radius 2 is 2.10 bits per heavy atom. The molecule has 7 heteroatoms. The summed E-state index contributed by atoms with van der Waals surface area (Å²) >= 11 is 6.11. The highest BCUT2D eigenvalue weighted by Gasteiger charge is 2.31. The molecule has 6 nitrogen and oxygen atoms in total. The van der Waals surface area contributed by atoms with Gasteiger partial charge in [-0.1, -0.05) is 16.8 Å². The van der Waals surface area contributed by atoms with Crippen molar-refractivity contribution in [1.29, 1.82) is 0 Å². The quantitative estimate of drug-likeness (QED) is 0.811. The molecule has 1 aromatic rings. The molecular weight excluding hydrogens is 288 g/mol. The lowest BCUT2D eigenvalue weighted by molar-refractivity contribution is 0.247. The van der Waals surface area contributed by atoms with Gasteiger partial charge >= 0.3 is 0 Å². The van der Waals surface area contributed by atoms with Crippen molar-refractivity contribution < 1.29 is 0 Å². The number of hydrogen-bond donors (Lipinski definition) is 1. The van der Waals surface area contributed by atoms with Crippen LogP contribution in [0.2, 0.25) is 5.02 Å². The Kier molecular flexibility index (Phi) is 4.07. The highest BCUT2D eigenvalue weighted by Crippen LogP contribution is 2.37. The summed E-state index contributed by atoms with van der Waals surface area (Å²) in [5.74, 6) is 0.865. The smallest absolute Gasteiger partial charge is 0.224 e. The molecule has 2 heterocycles. The number of nitrogens with zero attached hydrogens (tertiary/aromatic N) is 5. The predicted molar refractivity (Wildman–Crippen MR) is 84.0 cm³/mol. The first-order chi connectivity index (χ1) is 10.2. The van der Waals surface area contributed by atoms with Crippen LogP contribution in [-0.2, 0) is 0 Å². The number of nitrogens with one attached hydrogen (secondary N) is 1. The summed E-state index contributed by atoms with van der Waals surface area (Å²) in [4.78, 5) is 7.04. The van der Waals surface area contributed by atoms with Crippen LogP contribution in [0.3, 0.4) is 0 Å². The highest BCUT2D eigenvalue weighted by molar-refractivity contribution is 6.30. The summed E-state index contributed by atoms with van der Waals surface area (Å²) in [6.07, 6.45) is 0. The minimum Gasteiger partial charge on any atom is -0.338 e. The van der Waals surface area contributed by atoms with Crippen molar-refractivity contribution in [2.45, 2.75) is 13.0 Å². The van der Waals surface area contributed by atoms with E-state index >= 15 is 0 Å². The molecule has 0 aromatic heterocycles. The van der Waals surface area contributed by atoms with Gasteiger partial charge < -0.3 is 10.2 Å². The fraction of sp³-hybridized carbons (Fsp3) is 0.500. The van der Waals surface area contributed by atoms with Gasteiger partial charge in [0.1, 0.15) is 0 Å². The van der Waals surface area contributed by atoms with Crippen molar-refractivity contribution in [1.82, 2.24) is 15.2 Å². The molecule has 1 N–H and O–H groups in total. The molecule has 1 fully saturated rings. The van der Waals surface area contributed by atoms with Gasteiger partial charge in [-0.05, 0) is 25.1 Å². The zero-order valence-electron chi connectivity index (χ0n) is 12.3. The third-order valence-corrected chi connectivity index (χ3v) is 4.05. The lowest BCUT2D eigenvalue weighted by atomic mass is 10.0. The number of halogens is 1. The van der Waals surface area contributed by atoms with Crippen LogP contribution in [-0.4, -0.2) is 49.1 Å². The Morgan fingerprint density at radius 3 is 2.81 bits per heavy atom. The van der Waals surface area contributed by atoms with Gasteiger partial charge in [0.15, 0.2) is 0 Å². The van der Waals surface area contributed by atoms with E-state index in [1.54, 1.807) is 7.05 Å². The van der Waals surface area contributed by atoms with E-state index in [9.17, 15) is 0 Å². The van der Waals surface area contributed by atoms with E-state index < -0.39 is 0 Å². The molecule has 0 saturated carbocycles. The van der Waals surface area contributed by atoms with Gasteiger partial charge in [-0.3, -0.25) is 0 Å². The first-order valence-electron chi connectivity index (χ1n) is 7.13. The molecule has 0 aliphatic carbocycles. The van der Waals surface area contributed by atoms with E-state index in [1.165, 1.54) is 0 Å². The van der Waals surface area contributed by atoms with Gasteiger partial charge in [0.25, 0.3) is 0 Å². The summed E-state index contributed by atoms with van der Waals surface area (Å²) in [6, 6.07) is 5.86. The van der Waals surface area contributed by atoms with E-state index in [1.807, 2.05) is 23.2 Å². The number of rotatable bonds is 1. The Balaban J connectivity index is 2.03. The largest absolute Gasteiger partial charge is 0.338 e. The fourth-order valence-electron chi connectivity index (χ4n) is 2.72. The van der Waals surface area contributed by atoms with Crippen LogP contribution >= 0.6 is 11.6 Å². The lowest BCUT2D eigenvalue weighted by Crippen LogP contribution is -2.52. The zero-order valence-corrected chi connectivity index (χ0v) is 13.0. The van der Waals surface area contributed by atoms with Gasteiger partial charge in [0, 0.05) is 36.8 Å². The summed E-state index contributed by atoms with van der Waals surface area (Å²) in [5.41, 5.74) is 2.04. The maximum Gasteiger partial charge on any atom is 0.224 e. The molecule has 0 radical (unpaired) electrons. The summed E-state index contributed by atoms with van der Waals surface area (Å²) < 4.78 is 0. The predicted octanol–water partition coefficient (Wildman–Crippen LogP) is 2.61. The van der Waals surface area contributed by atoms with E-state index in [2.05, 4.69) is 27.5 Å². The van der Waals surface area contributed by atoms with Gasteiger partial charge in [0.2, 0.25) is 5.96 Å². The molecule has 1 saturated heterocycles. The Labute approximate surface area is 129 Å². The van der Waals surface area contributed by atoms with Gasteiger partial charge in [-0.25, -0.2) is 10.0 Å². The number of benzene rings is 1. The Bertz CT molecular complexity index is 579. The van der Waals surface area contributed by atoms with Crippen molar-refractivity contribution >= 4 is 23.2 Å². The van der Waals surface area contributed by atoms with Crippen LogP contribution in [0.15, 0.2) is 33.5 Å².